The van der Waals surface area contributed by atoms with Crippen LogP contribution < -0.4 is 5.73 Å². The molecule has 2 N–H and O–H groups in total. The molecule has 3 heteroatoms. The van der Waals surface area contributed by atoms with Crippen molar-refractivity contribution in [3.05, 3.63) is 17.2 Å². The van der Waals surface area contributed by atoms with E-state index in [0.717, 1.165) is 25.4 Å². The molecule has 0 saturated heterocycles. The number of imidazole rings is 1. The SMILES string of the molecule is Cc1nc(C2CC2)n2c1CC(CN)CC2. The quantitative estimate of drug-likeness (QED) is 0.796. The van der Waals surface area contributed by atoms with Crippen LogP contribution >= 0.6 is 0 Å². The number of hydrogen-bond acceptors (Lipinski definition) is 2. The highest BCUT2D eigenvalue weighted by Gasteiger charge is 2.32. The maximum Gasteiger partial charge on any atom is 0.112 e. The van der Waals surface area contributed by atoms with Crippen LogP contribution in [0.1, 0.15) is 42.4 Å². The highest BCUT2D eigenvalue weighted by Crippen LogP contribution is 2.41. The molecule has 1 aliphatic heterocycles. The van der Waals surface area contributed by atoms with E-state index in [-0.39, 0.29) is 0 Å². The molecular formula is C12H19N3. The maximum atomic E-state index is 5.76. The van der Waals surface area contributed by atoms with Crippen LogP contribution in [-0.2, 0) is 13.0 Å². The summed E-state index contributed by atoms with van der Waals surface area (Å²) in [5.74, 6) is 2.81. The Morgan fingerprint density at radius 1 is 1.40 bits per heavy atom. The van der Waals surface area contributed by atoms with Crippen LogP contribution in [0.5, 0.6) is 0 Å². The lowest BCUT2D eigenvalue weighted by Gasteiger charge is -2.24. The van der Waals surface area contributed by atoms with Crippen LogP contribution in [0.25, 0.3) is 0 Å². The first kappa shape index (κ1) is 9.40. The van der Waals surface area contributed by atoms with E-state index < -0.39 is 0 Å². The van der Waals surface area contributed by atoms with E-state index in [4.69, 9.17) is 10.7 Å². The number of aromatic nitrogens is 2. The molecular weight excluding hydrogens is 186 g/mol. The molecule has 1 aromatic rings. The highest BCUT2D eigenvalue weighted by molar-refractivity contribution is 5.22. The summed E-state index contributed by atoms with van der Waals surface area (Å²) in [4.78, 5) is 4.75. The topological polar surface area (TPSA) is 43.8 Å². The molecule has 15 heavy (non-hydrogen) atoms. The van der Waals surface area contributed by atoms with Crippen molar-refractivity contribution in [3.8, 4) is 0 Å². The smallest absolute Gasteiger partial charge is 0.112 e. The summed E-state index contributed by atoms with van der Waals surface area (Å²) in [7, 11) is 0. The molecule has 82 valence electrons. The van der Waals surface area contributed by atoms with Gasteiger partial charge >= 0.3 is 0 Å². The van der Waals surface area contributed by atoms with Gasteiger partial charge < -0.3 is 10.3 Å². The monoisotopic (exact) mass is 205 g/mol. The third kappa shape index (κ3) is 1.49. The summed E-state index contributed by atoms with van der Waals surface area (Å²) >= 11 is 0. The summed E-state index contributed by atoms with van der Waals surface area (Å²) in [5, 5.41) is 0. The molecule has 0 spiro atoms. The van der Waals surface area contributed by atoms with Crippen molar-refractivity contribution < 1.29 is 0 Å². The van der Waals surface area contributed by atoms with E-state index in [1.54, 1.807) is 0 Å². The van der Waals surface area contributed by atoms with Crippen molar-refractivity contribution in [3.63, 3.8) is 0 Å². The van der Waals surface area contributed by atoms with E-state index >= 15 is 0 Å². The zero-order valence-electron chi connectivity index (χ0n) is 9.37. The minimum absolute atomic E-state index is 0.681. The first-order chi connectivity index (χ1) is 7.29. The summed E-state index contributed by atoms with van der Waals surface area (Å²) in [6, 6.07) is 0. The fourth-order valence-electron chi connectivity index (χ4n) is 2.68. The summed E-state index contributed by atoms with van der Waals surface area (Å²) in [6.07, 6.45) is 5.06. The molecule has 1 aromatic heterocycles. The number of aryl methyl sites for hydroxylation is 1. The Hall–Kier alpha value is -0.830. The first-order valence-electron chi connectivity index (χ1n) is 6.05. The van der Waals surface area contributed by atoms with E-state index in [1.807, 2.05) is 0 Å². The average molecular weight is 205 g/mol. The molecule has 2 heterocycles. The standard InChI is InChI=1S/C12H19N3/c1-8-11-6-9(7-13)4-5-15(11)12(14-8)10-2-3-10/h9-10H,2-7,13H2,1H3. The van der Waals surface area contributed by atoms with Gasteiger partial charge in [0, 0.05) is 18.2 Å². The number of nitrogens with zero attached hydrogens (tertiary/aromatic N) is 2. The Morgan fingerprint density at radius 2 is 2.20 bits per heavy atom. The zero-order valence-corrected chi connectivity index (χ0v) is 9.37. The van der Waals surface area contributed by atoms with Crippen molar-refractivity contribution in [2.24, 2.45) is 11.7 Å². The molecule has 1 atom stereocenters. The lowest BCUT2D eigenvalue weighted by Crippen LogP contribution is -2.26. The van der Waals surface area contributed by atoms with Gasteiger partial charge in [-0.2, -0.15) is 0 Å². The molecule has 0 bridgehead atoms. The zero-order chi connectivity index (χ0) is 10.4. The van der Waals surface area contributed by atoms with Crippen LogP contribution in [0.2, 0.25) is 0 Å². The molecule has 0 radical (unpaired) electrons. The van der Waals surface area contributed by atoms with E-state index in [9.17, 15) is 0 Å². The van der Waals surface area contributed by atoms with Gasteiger partial charge in [0.1, 0.15) is 5.82 Å². The Kier molecular flexibility index (Phi) is 2.09. The second kappa shape index (κ2) is 3.34. The molecule has 1 fully saturated rings. The molecule has 0 aromatic carbocycles. The molecule has 0 amide bonds. The predicted molar refractivity (Wildman–Crippen MR) is 59.8 cm³/mol. The number of hydrogen-bond donors (Lipinski definition) is 1. The minimum Gasteiger partial charge on any atom is -0.332 e. The third-order valence-electron chi connectivity index (χ3n) is 3.82. The van der Waals surface area contributed by atoms with Crippen molar-refractivity contribution in [1.82, 2.24) is 9.55 Å². The van der Waals surface area contributed by atoms with Gasteiger partial charge in [-0.15, -0.1) is 0 Å². The fourth-order valence-corrected chi connectivity index (χ4v) is 2.68. The molecule has 2 aliphatic rings. The Labute approximate surface area is 90.7 Å². The van der Waals surface area contributed by atoms with Gasteiger partial charge in [-0.05, 0) is 45.1 Å². The molecule has 1 aliphatic carbocycles. The van der Waals surface area contributed by atoms with Gasteiger partial charge in [0.05, 0.1) is 5.69 Å². The van der Waals surface area contributed by atoms with E-state index in [1.165, 1.54) is 36.5 Å². The van der Waals surface area contributed by atoms with Crippen LogP contribution in [0.15, 0.2) is 0 Å². The lowest BCUT2D eigenvalue weighted by molar-refractivity contribution is 0.389. The summed E-state index contributed by atoms with van der Waals surface area (Å²) in [6.45, 7) is 4.11. The molecule has 3 nitrogen and oxygen atoms in total. The van der Waals surface area contributed by atoms with Gasteiger partial charge in [0.15, 0.2) is 0 Å². The van der Waals surface area contributed by atoms with Crippen molar-refractivity contribution in [2.45, 2.75) is 45.1 Å². The summed E-state index contributed by atoms with van der Waals surface area (Å²) in [5.41, 5.74) is 8.46. The Morgan fingerprint density at radius 3 is 2.87 bits per heavy atom. The normalized spacial score (nSPS) is 25.3. The van der Waals surface area contributed by atoms with Crippen LogP contribution in [0, 0.1) is 12.8 Å². The van der Waals surface area contributed by atoms with Crippen molar-refractivity contribution in [2.75, 3.05) is 6.54 Å². The lowest BCUT2D eigenvalue weighted by atomic mass is 9.95. The largest absolute Gasteiger partial charge is 0.332 e. The maximum absolute atomic E-state index is 5.76. The van der Waals surface area contributed by atoms with Gasteiger partial charge in [-0.1, -0.05) is 0 Å². The minimum atomic E-state index is 0.681. The fraction of sp³-hybridized carbons (Fsp3) is 0.750. The van der Waals surface area contributed by atoms with Crippen LogP contribution in [0.4, 0.5) is 0 Å². The van der Waals surface area contributed by atoms with Crippen LogP contribution in [0.3, 0.4) is 0 Å². The second-order valence-electron chi connectivity index (χ2n) is 5.02. The molecule has 3 rings (SSSR count). The van der Waals surface area contributed by atoms with Gasteiger partial charge in [0.25, 0.3) is 0 Å². The van der Waals surface area contributed by atoms with Crippen molar-refractivity contribution >= 4 is 0 Å². The van der Waals surface area contributed by atoms with Gasteiger partial charge in [-0.25, -0.2) is 4.98 Å². The van der Waals surface area contributed by atoms with E-state index in [0.29, 0.717) is 5.92 Å². The number of nitrogens with two attached hydrogens (primary N) is 1. The van der Waals surface area contributed by atoms with Crippen LogP contribution in [-0.4, -0.2) is 16.1 Å². The third-order valence-corrected chi connectivity index (χ3v) is 3.82. The Balaban J connectivity index is 1.96. The Bertz CT molecular complexity index is 376. The van der Waals surface area contributed by atoms with E-state index in [2.05, 4.69) is 11.5 Å². The van der Waals surface area contributed by atoms with Gasteiger partial charge in [0.2, 0.25) is 0 Å². The predicted octanol–water partition coefficient (Wildman–Crippen LogP) is 1.59. The highest BCUT2D eigenvalue weighted by atomic mass is 15.1. The summed E-state index contributed by atoms with van der Waals surface area (Å²) < 4.78 is 2.47. The first-order valence-corrected chi connectivity index (χ1v) is 6.05. The average Bonchev–Trinajstić information content (AvgIpc) is 3.05. The molecule has 1 saturated carbocycles. The second-order valence-corrected chi connectivity index (χ2v) is 5.02. The number of fused-ring (bicyclic) bond motifs is 1. The number of rotatable bonds is 2. The van der Waals surface area contributed by atoms with Gasteiger partial charge in [-0.3, -0.25) is 0 Å². The van der Waals surface area contributed by atoms with Crippen molar-refractivity contribution in [1.29, 1.82) is 0 Å². The molecule has 1 unspecified atom stereocenters.